The van der Waals surface area contributed by atoms with Crippen molar-refractivity contribution in [2.24, 2.45) is 0 Å². The van der Waals surface area contributed by atoms with Crippen molar-refractivity contribution in [1.82, 2.24) is 0 Å². The van der Waals surface area contributed by atoms with Gasteiger partial charge in [-0.1, -0.05) is 18.2 Å². The van der Waals surface area contributed by atoms with Gasteiger partial charge in [-0.2, -0.15) is 0 Å². The molecule has 0 fully saturated rings. The Morgan fingerprint density at radius 3 is 2.62 bits per heavy atom. The molecule has 2 aromatic carbocycles. The number of allylic oxidation sites excluding steroid dienone is 1. The smallest absolute Gasteiger partial charge is 0.231 e. The molecule has 0 saturated carbocycles. The first-order valence-corrected chi connectivity index (χ1v) is 7.75. The molecule has 0 bridgehead atoms. The molecule has 1 aliphatic rings. The molecule has 0 aromatic heterocycles. The molecule has 1 aliphatic heterocycles. The maximum absolute atomic E-state index is 12.2. The second-order valence-corrected chi connectivity index (χ2v) is 5.42. The second kappa shape index (κ2) is 6.06. The van der Waals surface area contributed by atoms with Gasteiger partial charge in [0.2, 0.25) is 6.79 Å². The summed E-state index contributed by atoms with van der Waals surface area (Å²) in [5.74, 6) is 1.25. The average molecular weight is 298 g/mol. The Kier molecular flexibility index (Phi) is 3.97. The highest BCUT2D eigenvalue weighted by Crippen LogP contribution is 2.32. The van der Waals surface area contributed by atoms with Crippen LogP contribution >= 0.6 is 11.8 Å². The lowest BCUT2D eigenvalue weighted by Gasteiger charge is -1.99. The fourth-order valence-electron chi connectivity index (χ4n) is 2.03. The fourth-order valence-corrected chi connectivity index (χ4v) is 2.44. The number of benzene rings is 2. The van der Waals surface area contributed by atoms with Crippen LogP contribution in [0.2, 0.25) is 0 Å². The lowest BCUT2D eigenvalue weighted by atomic mass is 10.1. The van der Waals surface area contributed by atoms with Crippen molar-refractivity contribution in [1.29, 1.82) is 0 Å². The fraction of sp³-hybridized carbons (Fsp3) is 0.118. The quantitative estimate of drug-likeness (QED) is 0.485. The number of carbonyl (C=O) groups is 1. The van der Waals surface area contributed by atoms with E-state index in [9.17, 15) is 4.79 Å². The van der Waals surface area contributed by atoms with E-state index in [1.54, 1.807) is 36.0 Å². The molecular formula is C17H14O3S. The Bertz CT molecular complexity index is 690. The van der Waals surface area contributed by atoms with Crippen molar-refractivity contribution < 1.29 is 14.3 Å². The van der Waals surface area contributed by atoms with Gasteiger partial charge >= 0.3 is 0 Å². The topological polar surface area (TPSA) is 35.5 Å². The predicted molar refractivity (Wildman–Crippen MR) is 84.2 cm³/mol. The summed E-state index contributed by atoms with van der Waals surface area (Å²) in [7, 11) is 0. The molecular weight excluding hydrogens is 284 g/mol. The standard InChI is InChI=1S/C17H14O3S/c1-21-14-6-2-12(3-7-14)4-8-15(18)13-5-9-16-17(10-13)20-11-19-16/h2-10H,11H2,1H3. The molecule has 0 N–H and O–H groups in total. The minimum atomic E-state index is -0.0535. The number of ketones is 1. The Balaban J connectivity index is 1.74. The minimum absolute atomic E-state index is 0.0535. The normalized spacial score (nSPS) is 12.8. The molecule has 21 heavy (non-hydrogen) atoms. The van der Waals surface area contributed by atoms with Crippen molar-refractivity contribution in [3.63, 3.8) is 0 Å². The summed E-state index contributed by atoms with van der Waals surface area (Å²) in [5.41, 5.74) is 1.60. The zero-order valence-electron chi connectivity index (χ0n) is 11.5. The first-order valence-electron chi connectivity index (χ1n) is 6.52. The van der Waals surface area contributed by atoms with Crippen LogP contribution < -0.4 is 9.47 Å². The van der Waals surface area contributed by atoms with Gasteiger partial charge in [0, 0.05) is 10.5 Å². The third-order valence-electron chi connectivity index (χ3n) is 3.20. The molecule has 0 unspecified atom stereocenters. The highest BCUT2D eigenvalue weighted by Gasteiger charge is 2.14. The van der Waals surface area contributed by atoms with Crippen molar-refractivity contribution in [3.05, 3.63) is 59.7 Å². The lowest BCUT2D eigenvalue weighted by Crippen LogP contribution is -1.94. The largest absolute Gasteiger partial charge is 0.454 e. The number of rotatable bonds is 4. The van der Waals surface area contributed by atoms with Crippen LogP contribution in [0.1, 0.15) is 15.9 Å². The number of thioether (sulfide) groups is 1. The molecule has 1 heterocycles. The van der Waals surface area contributed by atoms with E-state index in [1.807, 2.05) is 36.6 Å². The van der Waals surface area contributed by atoms with E-state index in [2.05, 4.69) is 0 Å². The van der Waals surface area contributed by atoms with Crippen LogP contribution in [0.15, 0.2) is 53.4 Å². The van der Waals surface area contributed by atoms with E-state index in [4.69, 9.17) is 9.47 Å². The summed E-state index contributed by atoms with van der Waals surface area (Å²) in [4.78, 5) is 13.4. The van der Waals surface area contributed by atoms with Crippen LogP contribution in [0.25, 0.3) is 6.08 Å². The van der Waals surface area contributed by atoms with Gasteiger partial charge in [0.15, 0.2) is 17.3 Å². The Morgan fingerprint density at radius 1 is 1.10 bits per heavy atom. The summed E-state index contributed by atoms with van der Waals surface area (Å²) >= 11 is 1.69. The van der Waals surface area contributed by atoms with Crippen molar-refractivity contribution in [3.8, 4) is 11.5 Å². The monoisotopic (exact) mass is 298 g/mol. The van der Waals surface area contributed by atoms with Crippen LogP contribution in [0.5, 0.6) is 11.5 Å². The summed E-state index contributed by atoms with van der Waals surface area (Å²) in [5, 5.41) is 0. The number of fused-ring (bicyclic) bond motifs is 1. The van der Waals surface area contributed by atoms with E-state index >= 15 is 0 Å². The van der Waals surface area contributed by atoms with Crippen molar-refractivity contribution in [2.75, 3.05) is 13.0 Å². The van der Waals surface area contributed by atoms with Gasteiger partial charge in [0.1, 0.15) is 0 Å². The van der Waals surface area contributed by atoms with Gasteiger partial charge in [-0.05, 0) is 48.2 Å². The van der Waals surface area contributed by atoms with Crippen LogP contribution in [0, 0.1) is 0 Å². The van der Waals surface area contributed by atoms with Crippen molar-refractivity contribution >= 4 is 23.6 Å². The predicted octanol–water partition coefficient (Wildman–Crippen LogP) is 4.03. The van der Waals surface area contributed by atoms with E-state index in [0.29, 0.717) is 17.1 Å². The zero-order valence-corrected chi connectivity index (χ0v) is 12.4. The van der Waals surface area contributed by atoms with E-state index in [-0.39, 0.29) is 12.6 Å². The summed E-state index contributed by atoms with van der Waals surface area (Å²) in [6, 6.07) is 13.3. The third kappa shape index (κ3) is 3.11. The molecule has 0 spiro atoms. The highest BCUT2D eigenvalue weighted by molar-refractivity contribution is 7.98. The first kappa shape index (κ1) is 13.8. The molecule has 106 valence electrons. The van der Waals surface area contributed by atoms with Gasteiger partial charge < -0.3 is 9.47 Å². The van der Waals surface area contributed by atoms with Crippen molar-refractivity contribution in [2.45, 2.75) is 4.90 Å². The van der Waals surface area contributed by atoms with Gasteiger partial charge in [-0.15, -0.1) is 11.8 Å². The SMILES string of the molecule is CSc1ccc(C=CC(=O)c2ccc3c(c2)OCO3)cc1. The van der Waals surface area contributed by atoms with Gasteiger partial charge in [0.25, 0.3) is 0 Å². The number of hydrogen-bond donors (Lipinski definition) is 0. The summed E-state index contributed by atoms with van der Waals surface area (Å²) in [6.07, 6.45) is 5.43. The molecule has 0 radical (unpaired) electrons. The maximum atomic E-state index is 12.2. The molecule has 2 aromatic rings. The third-order valence-corrected chi connectivity index (χ3v) is 3.94. The van der Waals surface area contributed by atoms with E-state index < -0.39 is 0 Å². The average Bonchev–Trinajstić information content (AvgIpc) is 3.00. The Morgan fingerprint density at radius 2 is 1.86 bits per heavy atom. The molecule has 3 nitrogen and oxygen atoms in total. The second-order valence-electron chi connectivity index (χ2n) is 4.54. The zero-order chi connectivity index (χ0) is 14.7. The van der Waals surface area contributed by atoms with Crippen LogP contribution in [0.3, 0.4) is 0 Å². The number of hydrogen-bond acceptors (Lipinski definition) is 4. The van der Waals surface area contributed by atoms with Crippen LogP contribution in [-0.4, -0.2) is 18.8 Å². The van der Waals surface area contributed by atoms with Gasteiger partial charge in [-0.25, -0.2) is 0 Å². The summed E-state index contributed by atoms with van der Waals surface area (Å²) < 4.78 is 10.5. The molecule has 0 atom stereocenters. The lowest BCUT2D eigenvalue weighted by molar-refractivity contribution is 0.104. The molecule has 0 amide bonds. The van der Waals surface area contributed by atoms with E-state index in [0.717, 1.165) is 5.56 Å². The number of ether oxygens (including phenoxy) is 2. The Labute approximate surface area is 127 Å². The molecule has 3 rings (SSSR count). The van der Waals surface area contributed by atoms with Gasteiger partial charge in [-0.3, -0.25) is 4.79 Å². The molecule has 0 saturated heterocycles. The molecule has 0 aliphatic carbocycles. The Hall–Kier alpha value is -2.20. The molecule has 4 heteroatoms. The van der Waals surface area contributed by atoms with Crippen LogP contribution in [0.4, 0.5) is 0 Å². The maximum Gasteiger partial charge on any atom is 0.231 e. The minimum Gasteiger partial charge on any atom is -0.454 e. The highest BCUT2D eigenvalue weighted by atomic mass is 32.2. The number of carbonyl (C=O) groups excluding carboxylic acids is 1. The van der Waals surface area contributed by atoms with Gasteiger partial charge in [0.05, 0.1) is 0 Å². The summed E-state index contributed by atoms with van der Waals surface area (Å²) in [6.45, 7) is 0.213. The van der Waals surface area contributed by atoms with E-state index in [1.165, 1.54) is 4.90 Å². The first-order chi connectivity index (χ1) is 10.3. The van der Waals surface area contributed by atoms with Crippen LogP contribution in [-0.2, 0) is 0 Å².